The molecule has 86 valence electrons. The highest BCUT2D eigenvalue weighted by Crippen LogP contribution is 2.02. The Bertz CT molecular complexity index is 288. The average molecular weight is 216 g/mol. The minimum atomic E-state index is -1.03. The largest absolute Gasteiger partial charge is 0.368 e. The molecule has 0 spiro atoms. The molecule has 1 atom stereocenters. The molecule has 0 aromatic rings. The summed E-state index contributed by atoms with van der Waals surface area (Å²) in [6, 6.07) is -1.69. The summed E-state index contributed by atoms with van der Waals surface area (Å²) in [5.41, 5.74) is 8.83. The van der Waals surface area contributed by atoms with E-state index in [1.165, 1.54) is 20.8 Å². The Balaban J connectivity index is 4.36. The van der Waals surface area contributed by atoms with E-state index in [-0.39, 0.29) is 0 Å². The molecule has 0 aliphatic rings. The number of carbonyl (C=O) groups excluding carboxylic acids is 3. The number of nitrogens with two attached hydrogens (primary N) is 2. The lowest BCUT2D eigenvalue weighted by molar-refractivity contribution is -0.125. The number of hydrogen-bond acceptors (Lipinski definition) is 4. The van der Waals surface area contributed by atoms with E-state index in [9.17, 15) is 14.4 Å². The van der Waals surface area contributed by atoms with Crippen molar-refractivity contribution >= 4 is 17.8 Å². The molecular weight excluding hydrogens is 200 g/mol. The lowest BCUT2D eigenvalue weighted by atomic mass is 10.0. The second kappa shape index (κ2) is 4.74. The lowest BCUT2D eigenvalue weighted by Crippen LogP contribution is -2.58. The molecule has 0 rings (SSSR count). The van der Waals surface area contributed by atoms with Gasteiger partial charge in [0.1, 0.15) is 0 Å². The number of nitrogens with one attached hydrogen (secondary N) is 2. The number of hydrogen-bond donors (Lipinski definition) is 4. The first kappa shape index (κ1) is 13.4. The van der Waals surface area contributed by atoms with Crippen molar-refractivity contribution in [1.29, 1.82) is 0 Å². The quantitative estimate of drug-likeness (QED) is 0.452. The smallest absolute Gasteiger partial charge is 0.318 e. The molecule has 0 aromatic heterocycles. The average Bonchev–Trinajstić information content (AvgIpc) is 2.01. The van der Waals surface area contributed by atoms with Gasteiger partial charge in [-0.15, -0.1) is 0 Å². The van der Waals surface area contributed by atoms with Gasteiger partial charge in [-0.05, 0) is 20.8 Å². The van der Waals surface area contributed by atoms with Gasteiger partial charge in [0.15, 0.2) is 0 Å². The predicted octanol–water partition coefficient (Wildman–Crippen LogP) is -1.58. The van der Waals surface area contributed by atoms with Gasteiger partial charge in [0.05, 0.1) is 11.6 Å². The van der Waals surface area contributed by atoms with Gasteiger partial charge < -0.3 is 11.5 Å². The molecule has 7 nitrogen and oxygen atoms in total. The van der Waals surface area contributed by atoms with E-state index in [2.05, 4.69) is 5.32 Å². The molecular formula is C8H16N4O3. The number of rotatable bonds is 4. The molecule has 0 saturated carbocycles. The number of primary amides is 2. The van der Waals surface area contributed by atoms with E-state index in [1.807, 2.05) is 5.32 Å². The van der Waals surface area contributed by atoms with Crippen LogP contribution in [0.4, 0.5) is 4.79 Å². The molecule has 0 heterocycles. The van der Waals surface area contributed by atoms with Crippen LogP contribution in [0.1, 0.15) is 20.8 Å². The molecule has 1 unspecified atom stereocenters. The van der Waals surface area contributed by atoms with Crippen molar-refractivity contribution in [2.45, 2.75) is 32.4 Å². The first-order valence-electron chi connectivity index (χ1n) is 4.34. The number of imide groups is 1. The van der Waals surface area contributed by atoms with Crippen LogP contribution in [-0.4, -0.2) is 29.4 Å². The fraction of sp³-hybridized carbons (Fsp3) is 0.625. The van der Waals surface area contributed by atoms with Crippen LogP contribution in [-0.2, 0) is 9.59 Å². The number of amides is 4. The topological polar surface area (TPSA) is 127 Å². The van der Waals surface area contributed by atoms with Crippen molar-refractivity contribution in [3.8, 4) is 0 Å². The Morgan fingerprint density at radius 3 is 2.00 bits per heavy atom. The van der Waals surface area contributed by atoms with Gasteiger partial charge in [-0.1, -0.05) is 0 Å². The Morgan fingerprint density at radius 1 is 1.20 bits per heavy atom. The van der Waals surface area contributed by atoms with Crippen molar-refractivity contribution in [2.75, 3.05) is 0 Å². The standard InChI is InChI=1S/C8H16N4O3/c1-4(5(13)11-7(10)15)12-8(2,3)6(9)14/h4,12H,1-3H3,(H2,9,14)(H3,10,11,13,15). The summed E-state index contributed by atoms with van der Waals surface area (Å²) in [5, 5.41) is 4.56. The molecule has 7 heteroatoms. The van der Waals surface area contributed by atoms with Crippen molar-refractivity contribution in [2.24, 2.45) is 11.5 Å². The highest BCUT2D eigenvalue weighted by Gasteiger charge is 2.29. The van der Waals surface area contributed by atoms with E-state index in [0.717, 1.165) is 0 Å². The third kappa shape index (κ3) is 4.41. The Morgan fingerprint density at radius 2 is 1.67 bits per heavy atom. The van der Waals surface area contributed by atoms with E-state index in [4.69, 9.17) is 11.5 Å². The van der Waals surface area contributed by atoms with Crippen molar-refractivity contribution in [3.63, 3.8) is 0 Å². The monoisotopic (exact) mass is 216 g/mol. The summed E-state index contributed by atoms with van der Waals surface area (Å²) in [6.45, 7) is 4.55. The Hall–Kier alpha value is -1.63. The number of carbonyl (C=O) groups is 3. The molecule has 6 N–H and O–H groups in total. The zero-order valence-electron chi connectivity index (χ0n) is 8.96. The minimum absolute atomic E-state index is 0.596. The summed E-state index contributed by atoms with van der Waals surface area (Å²) < 4.78 is 0. The van der Waals surface area contributed by atoms with Gasteiger partial charge in [0.25, 0.3) is 0 Å². The number of urea groups is 1. The van der Waals surface area contributed by atoms with Crippen LogP contribution in [0.5, 0.6) is 0 Å². The summed E-state index contributed by atoms with van der Waals surface area (Å²) in [4.78, 5) is 32.5. The van der Waals surface area contributed by atoms with Crippen molar-refractivity contribution in [1.82, 2.24) is 10.6 Å². The predicted molar refractivity (Wildman–Crippen MR) is 53.6 cm³/mol. The highest BCUT2D eigenvalue weighted by atomic mass is 16.2. The van der Waals surface area contributed by atoms with Gasteiger partial charge in [-0.3, -0.25) is 20.2 Å². The lowest BCUT2D eigenvalue weighted by Gasteiger charge is -2.25. The van der Waals surface area contributed by atoms with Crippen molar-refractivity contribution in [3.05, 3.63) is 0 Å². The second-order valence-corrected chi connectivity index (χ2v) is 3.71. The van der Waals surface area contributed by atoms with Gasteiger partial charge in [-0.2, -0.15) is 0 Å². The summed E-state index contributed by atoms with van der Waals surface area (Å²) >= 11 is 0. The van der Waals surface area contributed by atoms with Crippen LogP contribution in [0.25, 0.3) is 0 Å². The van der Waals surface area contributed by atoms with Crippen LogP contribution >= 0.6 is 0 Å². The van der Waals surface area contributed by atoms with Crippen LogP contribution < -0.4 is 22.1 Å². The maximum Gasteiger partial charge on any atom is 0.318 e. The SMILES string of the molecule is CC(NC(C)(C)C(N)=O)C(=O)NC(N)=O. The van der Waals surface area contributed by atoms with Gasteiger partial charge in [0, 0.05) is 0 Å². The molecule has 15 heavy (non-hydrogen) atoms. The van der Waals surface area contributed by atoms with Crippen LogP contribution in [0, 0.1) is 0 Å². The van der Waals surface area contributed by atoms with Crippen LogP contribution in [0.2, 0.25) is 0 Å². The second-order valence-electron chi connectivity index (χ2n) is 3.71. The third-order valence-corrected chi connectivity index (χ3v) is 1.83. The summed E-state index contributed by atoms with van der Waals surface area (Å²) in [5.74, 6) is -1.21. The maximum absolute atomic E-state index is 11.2. The molecule has 0 aliphatic carbocycles. The Kier molecular flexibility index (Phi) is 4.22. The van der Waals surface area contributed by atoms with Gasteiger partial charge >= 0.3 is 6.03 Å². The van der Waals surface area contributed by atoms with Crippen LogP contribution in [0.3, 0.4) is 0 Å². The third-order valence-electron chi connectivity index (χ3n) is 1.83. The Labute approximate surface area is 87.6 Å². The molecule has 0 saturated heterocycles. The van der Waals surface area contributed by atoms with Crippen LogP contribution in [0.15, 0.2) is 0 Å². The fourth-order valence-corrected chi connectivity index (χ4v) is 0.908. The molecule has 0 fully saturated rings. The zero-order chi connectivity index (χ0) is 12.2. The molecule has 0 aromatic carbocycles. The molecule has 0 radical (unpaired) electrons. The first-order valence-corrected chi connectivity index (χ1v) is 4.34. The van der Waals surface area contributed by atoms with E-state index < -0.39 is 29.4 Å². The van der Waals surface area contributed by atoms with E-state index in [1.54, 1.807) is 0 Å². The normalized spacial score (nSPS) is 13.0. The summed E-state index contributed by atoms with van der Waals surface area (Å²) in [6.07, 6.45) is 0. The van der Waals surface area contributed by atoms with Gasteiger partial charge in [0.2, 0.25) is 11.8 Å². The molecule has 4 amide bonds. The minimum Gasteiger partial charge on any atom is -0.368 e. The van der Waals surface area contributed by atoms with Crippen molar-refractivity contribution < 1.29 is 14.4 Å². The first-order chi connectivity index (χ1) is 6.66. The molecule has 0 aliphatic heterocycles. The summed E-state index contributed by atoms with van der Waals surface area (Å²) in [7, 11) is 0. The van der Waals surface area contributed by atoms with Gasteiger partial charge in [-0.25, -0.2) is 4.79 Å². The highest BCUT2D eigenvalue weighted by molar-refractivity contribution is 5.96. The zero-order valence-corrected chi connectivity index (χ0v) is 8.96. The van der Waals surface area contributed by atoms with E-state index in [0.29, 0.717) is 0 Å². The van der Waals surface area contributed by atoms with E-state index >= 15 is 0 Å². The fourth-order valence-electron chi connectivity index (χ4n) is 0.908. The maximum atomic E-state index is 11.2. The molecule has 0 bridgehead atoms.